The normalized spacial score (nSPS) is 14.6. The monoisotopic (exact) mass is 519 g/mol. The molecule has 5 rings (SSSR count). The number of rotatable bonds is 5. The van der Waals surface area contributed by atoms with Crippen LogP contribution in [-0.4, -0.2) is 34.0 Å². The lowest BCUT2D eigenvalue weighted by Gasteiger charge is -2.39. The molecule has 0 bridgehead atoms. The van der Waals surface area contributed by atoms with Gasteiger partial charge >= 0.3 is 0 Å². The molecule has 7 heteroatoms. The smallest absolute Gasteiger partial charge is 0.253 e. The van der Waals surface area contributed by atoms with Crippen LogP contribution in [0.2, 0.25) is 5.02 Å². The van der Waals surface area contributed by atoms with Crippen LogP contribution in [-0.2, 0) is 5.60 Å². The number of nitrogens with one attached hydrogen (secondary N) is 1. The van der Waals surface area contributed by atoms with Gasteiger partial charge in [0.1, 0.15) is 0 Å². The molecule has 3 aromatic carbocycles. The summed E-state index contributed by atoms with van der Waals surface area (Å²) in [7, 11) is 0. The minimum absolute atomic E-state index is 0.0290. The molecule has 1 aliphatic rings. The van der Waals surface area contributed by atoms with Gasteiger partial charge in [-0.1, -0.05) is 61.8 Å². The number of hydrogen-bond acceptors (Lipinski definition) is 5. The van der Waals surface area contributed by atoms with Crippen molar-refractivity contribution in [2.24, 2.45) is 0 Å². The van der Waals surface area contributed by atoms with E-state index in [0.29, 0.717) is 36.5 Å². The van der Waals surface area contributed by atoms with E-state index in [4.69, 9.17) is 11.6 Å². The third-order valence-corrected chi connectivity index (χ3v) is 7.48. The number of anilines is 1. The molecule has 0 atom stereocenters. The number of carbonyl (C=O) groups excluding carboxylic acids is 1. The molecule has 1 saturated heterocycles. The minimum atomic E-state index is -1.00. The Kier molecular flexibility index (Phi) is 8.52. The number of aromatic nitrogens is 1. The zero-order valence-electron chi connectivity index (χ0n) is 20.4. The summed E-state index contributed by atoms with van der Waals surface area (Å²) >= 11 is 7.80. The average molecular weight is 520 g/mol. The first kappa shape index (κ1) is 26.0. The second-order valence-corrected chi connectivity index (χ2v) is 9.67. The molecule has 4 aromatic rings. The van der Waals surface area contributed by atoms with Gasteiger partial charge in [0.2, 0.25) is 0 Å². The van der Waals surface area contributed by atoms with Crippen molar-refractivity contribution in [1.29, 1.82) is 0 Å². The Bertz CT molecular complexity index is 1320. The summed E-state index contributed by atoms with van der Waals surface area (Å²) in [6, 6.07) is 24.9. The number of nitrogens with zero attached hydrogens (tertiary/aromatic N) is 2. The number of carbonyl (C=O) groups is 1. The molecule has 0 radical (unpaired) electrons. The van der Waals surface area contributed by atoms with E-state index >= 15 is 0 Å². The Hall–Kier alpha value is -3.06. The molecule has 2 heterocycles. The lowest BCUT2D eigenvalue weighted by atomic mass is 9.84. The standard InChI is InChI=1S/C27H24ClN3O2S.C2H6/c28-23-8-2-1-7-22(23)27(33)14-17-31(18-15-27)26(32)20-10-12-21(13-11-20)30-34-24-9-3-5-19-6-4-16-29-25(19)24;1-2/h1-13,16,30,33H,14-15,17-18H2;1-2H3. The highest BCUT2D eigenvalue weighted by Gasteiger charge is 2.36. The van der Waals surface area contributed by atoms with Crippen molar-refractivity contribution in [3.8, 4) is 0 Å². The van der Waals surface area contributed by atoms with Gasteiger partial charge in [-0.05, 0) is 67.3 Å². The molecule has 1 aromatic heterocycles. The maximum Gasteiger partial charge on any atom is 0.253 e. The largest absolute Gasteiger partial charge is 0.385 e. The number of halogens is 1. The Morgan fingerprint density at radius 1 is 0.972 bits per heavy atom. The van der Waals surface area contributed by atoms with Crippen molar-refractivity contribution in [1.82, 2.24) is 9.88 Å². The molecule has 0 saturated carbocycles. The van der Waals surface area contributed by atoms with Crippen molar-refractivity contribution < 1.29 is 9.90 Å². The molecule has 186 valence electrons. The van der Waals surface area contributed by atoms with Crippen LogP contribution in [0.3, 0.4) is 0 Å². The first-order chi connectivity index (χ1) is 17.5. The van der Waals surface area contributed by atoms with E-state index in [-0.39, 0.29) is 5.91 Å². The van der Waals surface area contributed by atoms with Crippen molar-refractivity contribution in [3.63, 3.8) is 0 Å². The van der Waals surface area contributed by atoms with Crippen LogP contribution in [0.4, 0.5) is 5.69 Å². The van der Waals surface area contributed by atoms with E-state index in [2.05, 4.69) is 9.71 Å². The van der Waals surface area contributed by atoms with Crippen LogP contribution < -0.4 is 4.72 Å². The minimum Gasteiger partial charge on any atom is -0.385 e. The Labute approximate surface area is 221 Å². The van der Waals surface area contributed by atoms with E-state index in [1.165, 1.54) is 11.9 Å². The van der Waals surface area contributed by atoms with Gasteiger partial charge < -0.3 is 14.7 Å². The average Bonchev–Trinajstić information content (AvgIpc) is 2.93. The summed E-state index contributed by atoms with van der Waals surface area (Å²) in [4.78, 5) is 20.4. The SMILES string of the molecule is CC.O=C(c1ccc(NSc2cccc3cccnc23)cc1)N1CCC(O)(c2ccccc2Cl)CC1. The van der Waals surface area contributed by atoms with Gasteiger partial charge in [0.25, 0.3) is 5.91 Å². The highest BCUT2D eigenvalue weighted by atomic mass is 35.5. The van der Waals surface area contributed by atoms with E-state index in [1.807, 2.05) is 86.6 Å². The third-order valence-electron chi connectivity index (χ3n) is 6.26. The van der Waals surface area contributed by atoms with Gasteiger partial charge in [-0.15, -0.1) is 0 Å². The number of pyridine rings is 1. The van der Waals surface area contributed by atoms with E-state index in [0.717, 1.165) is 27.0 Å². The van der Waals surface area contributed by atoms with Crippen LogP contribution in [0.1, 0.15) is 42.6 Å². The first-order valence-electron chi connectivity index (χ1n) is 12.2. The molecular formula is C29H30ClN3O2S. The highest BCUT2D eigenvalue weighted by molar-refractivity contribution is 8.00. The number of aliphatic hydroxyl groups is 1. The topological polar surface area (TPSA) is 65.5 Å². The second kappa shape index (κ2) is 11.8. The number of amides is 1. The zero-order chi connectivity index (χ0) is 25.5. The zero-order valence-corrected chi connectivity index (χ0v) is 22.0. The van der Waals surface area contributed by atoms with E-state index in [9.17, 15) is 9.90 Å². The van der Waals surface area contributed by atoms with Crippen LogP contribution in [0.25, 0.3) is 10.9 Å². The molecule has 1 amide bonds. The van der Waals surface area contributed by atoms with Gasteiger partial charge in [0.15, 0.2) is 0 Å². The molecule has 1 aliphatic heterocycles. The number of benzene rings is 3. The van der Waals surface area contributed by atoms with Crippen LogP contribution in [0.15, 0.2) is 90.0 Å². The van der Waals surface area contributed by atoms with Crippen molar-refractivity contribution in [2.75, 3.05) is 17.8 Å². The maximum atomic E-state index is 13.0. The lowest BCUT2D eigenvalue weighted by Crippen LogP contribution is -2.45. The summed E-state index contributed by atoms with van der Waals surface area (Å²) in [5.41, 5.74) is 2.22. The quantitative estimate of drug-likeness (QED) is 0.274. The molecule has 2 N–H and O–H groups in total. The van der Waals surface area contributed by atoms with E-state index < -0.39 is 5.60 Å². The Morgan fingerprint density at radius 3 is 2.39 bits per heavy atom. The van der Waals surface area contributed by atoms with Crippen molar-refractivity contribution in [3.05, 3.63) is 101 Å². The summed E-state index contributed by atoms with van der Waals surface area (Å²) < 4.78 is 3.34. The number of likely N-dealkylation sites (tertiary alicyclic amines) is 1. The lowest BCUT2D eigenvalue weighted by molar-refractivity contribution is -0.0210. The van der Waals surface area contributed by atoms with Crippen LogP contribution in [0, 0.1) is 0 Å². The summed E-state index contributed by atoms with van der Waals surface area (Å²) in [6.07, 6.45) is 2.71. The third kappa shape index (κ3) is 5.67. The summed E-state index contributed by atoms with van der Waals surface area (Å²) in [6.45, 7) is 4.95. The van der Waals surface area contributed by atoms with E-state index in [1.54, 1.807) is 17.2 Å². The van der Waals surface area contributed by atoms with Gasteiger partial charge in [-0.2, -0.15) is 0 Å². The van der Waals surface area contributed by atoms with Crippen molar-refractivity contribution >= 4 is 46.0 Å². The molecule has 0 unspecified atom stereocenters. The molecule has 5 nitrogen and oxygen atoms in total. The fourth-order valence-electron chi connectivity index (χ4n) is 4.32. The first-order valence-corrected chi connectivity index (χ1v) is 13.4. The van der Waals surface area contributed by atoms with Gasteiger partial charge in [0.05, 0.1) is 16.0 Å². The fourth-order valence-corrected chi connectivity index (χ4v) is 5.41. The van der Waals surface area contributed by atoms with Crippen molar-refractivity contribution in [2.45, 2.75) is 37.2 Å². The molecule has 0 aliphatic carbocycles. The second-order valence-electron chi connectivity index (χ2n) is 8.42. The highest BCUT2D eigenvalue weighted by Crippen LogP contribution is 2.37. The number of fused-ring (bicyclic) bond motifs is 1. The Balaban J connectivity index is 0.00000148. The Morgan fingerprint density at radius 2 is 1.67 bits per heavy atom. The summed E-state index contributed by atoms with van der Waals surface area (Å²) in [5, 5.41) is 12.8. The molecule has 1 fully saturated rings. The van der Waals surface area contributed by atoms with Gasteiger partial charge in [-0.3, -0.25) is 9.78 Å². The fraction of sp³-hybridized carbons (Fsp3) is 0.241. The predicted octanol–water partition coefficient (Wildman–Crippen LogP) is 7.16. The molecular weight excluding hydrogens is 490 g/mol. The van der Waals surface area contributed by atoms with Gasteiger partial charge in [0, 0.05) is 46.5 Å². The molecule has 36 heavy (non-hydrogen) atoms. The van der Waals surface area contributed by atoms with Gasteiger partial charge in [-0.25, -0.2) is 0 Å². The number of piperidine rings is 1. The van der Waals surface area contributed by atoms with Crippen LogP contribution >= 0.6 is 23.5 Å². The number of hydrogen-bond donors (Lipinski definition) is 2. The number of para-hydroxylation sites is 1. The van der Waals surface area contributed by atoms with Crippen LogP contribution in [0.5, 0.6) is 0 Å². The predicted molar refractivity (Wildman–Crippen MR) is 149 cm³/mol. The maximum absolute atomic E-state index is 13.0. The molecule has 0 spiro atoms. The summed E-state index contributed by atoms with van der Waals surface area (Å²) in [5.74, 6) is -0.0290.